The zero-order chi connectivity index (χ0) is 18.6. The monoisotopic (exact) mass is 371 g/mol. The molecule has 1 N–H and O–H groups in total. The summed E-state index contributed by atoms with van der Waals surface area (Å²) in [4.78, 5) is 27.8. The van der Waals surface area contributed by atoms with E-state index in [4.69, 9.17) is 13.8 Å². The topological polar surface area (TPSA) is 121 Å². The summed E-state index contributed by atoms with van der Waals surface area (Å²) in [5.41, 5.74) is 0. The molecule has 0 bridgehead atoms. The molecular formula is C13H26NO9P. The number of hydroxylamine groups is 2. The first-order valence-electron chi connectivity index (χ1n) is 7.66. The minimum absolute atomic E-state index is 0.0357. The normalized spacial score (nSPS) is 12.4. The van der Waals surface area contributed by atoms with E-state index in [1.807, 2.05) is 0 Å². The van der Waals surface area contributed by atoms with Crippen LogP contribution in [0, 0.1) is 0 Å². The number of amides is 1. The van der Waals surface area contributed by atoms with Gasteiger partial charge in [-0.1, -0.05) is 0 Å². The summed E-state index contributed by atoms with van der Waals surface area (Å²) >= 11 is 0. The molecule has 10 nitrogen and oxygen atoms in total. The standard InChI is InChI=1S/C13H26NO9P/c1-5-19-12(16)14(23-13(17)20-6-2)9-11(15)10-24(18,21-7-3)22-8-4/h11,15H,5-10H2,1-4H3/t11-/m0/s1. The number of carbonyl (C=O) groups is 2. The summed E-state index contributed by atoms with van der Waals surface area (Å²) < 4.78 is 31.8. The molecule has 0 rings (SSSR count). The van der Waals surface area contributed by atoms with Crippen LogP contribution in [0.4, 0.5) is 9.59 Å². The van der Waals surface area contributed by atoms with Crippen molar-refractivity contribution in [2.75, 3.05) is 39.1 Å². The maximum atomic E-state index is 12.4. The Bertz CT molecular complexity index is 422. The van der Waals surface area contributed by atoms with Crippen LogP contribution in [-0.4, -0.2) is 67.7 Å². The summed E-state index contributed by atoms with van der Waals surface area (Å²) in [6, 6.07) is 0. The van der Waals surface area contributed by atoms with Crippen LogP contribution < -0.4 is 0 Å². The Labute approximate surface area is 141 Å². The van der Waals surface area contributed by atoms with Crippen molar-refractivity contribution < 1.29 is 42.6 Å². The Morgan fingerprint density at radius 3 is 2.00 bits per heavy atom. The maximum Gasteiger partial charge on any atom is 0.533 e. The smallest absolute Gasteiger partial charge is 0.448 e. The molecule has 0 aromatic heterocycles. The van der Waals surface area contributed by atoms with E-state index in [2.05, 4.69) is 9.57 Å². The number of nitrogens with zero attached hydrogens (tertiary/aromatic N) is 1. The quantitative estimate of drug-likeness (QED) is 0.350. The fourth-order valence-electron chi connectivity index (χ4n) is 1.62. The fraction of sp³-hybridized carbons (Fsp3) is 0.846. The van der Waals surface area contributed by atoms with Gasteiger partial charge in [0.25, 0.3) is 0 Å². The van der Waals surface area contributed by atoms with Gasteiger partial charge in [0.15, 0.2) is 0 Å². The van der Waals surface area contributed by atoms with Gasteiger partial charge < -0.3 is 28.5 Å². The van der Waals surface area contributed by atoms with Crippen LogP contribution in [0.15, 0.2) is 0 Å². The van der Waals surface area contributed by atoms with E-state index in [-0.39, 0.29) is 32.6 Å². The molecule has 0 aromatic carbocycles. The Morgan fingerprint density at radius 1 is 1.00 bits per heavy atom. The Hall–Kier alpha value is -1.35. The minimum atomic E-state index is -3.52. The fourth-order valence-corrected chi connectivity index (χ4v) is 3.33. The molecule has 1 atom stereocenters. The highest BCUT2D eigenvalue weighted by atomic mass is 31.2. The molecule has 0 saturated carbocycles. The van der Waals surface area contributed by atoms with E-state index < -0.39 is 32.5 Å². The van der Waals surface area contributed by atoms with E-state index in [0.29, 0.717) is 5.06 Å². The number of hydrogen-bond donors (Lipinski definition) is 1. The summed E-state index contributed by atoms with van der Waals surface area (Å²) in [7, 11) is -3.52. The molecule has 0 radical (unpaired) electrons. The molecular weight excluding hydrogens is 345 g/mol. The predicted molar refractivity (Wildman–Crippen MR) is 83.6 cm³/mol. The number of aliphatic hydroxyl groups excluding tert-OH is 1. The lowest BCUT2D eigenvalue weighted by Crippen LogP contribution is -2.41. The average Bonchev–Trinajstić information content (AvgIpc) is 2.47. The first-order chi connectivity index (χ1) is 11.3. The molecule has 142 valence electrons. The maximum absolute atomic E-state index is 12.4. The molecule has 0 unspecified atom stereocenters. The highest BCUT2D eigenvalue weighted by Gasteiger charge is 2.31. The van der Waals surface area contributed by atoms with Crippen molar-refractivity contribution in [3.05, 3.63) is 0 Å². The lowest BCUT2D eigenvalue weighted by atomic mass is 10.4. The van der Waals surface area contributed by atoms with Crippen LogP contribution >= 0.6 is 7.60 Å². The Balaban J connectivity index is 4.88. The van der Waals surface area contributed by atoms with Gasteiger partial charge in [0.2, 0.25) is 0 Å². The van der Waals surface area contributed by atoms with Gasteiger partial charge in [0.05, 0.1) is 45.2 Å². The second kappa shape index (κ2) is 12.1. The minimum Gasteiger partial charge on any atom is -0.448 e. The molecule has 0 aliphatic carbocycles. The van der Waals surface area contributed by atoms with Crippen LogP contribution in [0.2, 0.25) is 0 Å². The third kappa shape index (κ3) is 9.07. The van der Waals surface area contributed by atoms with Crippen molar-refractivity contribution in [3.8, 4) is 0 Å². The van der Waals surface area contributed by atoms with Gasteiger partial charge in [-0.25, -0.2) is 9.59 Å². The van der Waals surface area contributed by atoms with E-state index in [0.717, 1.165) is 0 Å². The van der Waals surface area contributed by atoms with Crippen molar-refractivity contribution in [2.24, 2.45) is 0 Å². The molecule has 0 aliphatic rings. The number of aliphatic hydroxyl groups is 1. The van der Waals surface area contributed by atoms with Crippen LogP contribution in [0.3, 0.4) is 0 Å². The average molecular weight is 371 g/mol. The molecule has 0 aromatic rings. The molecule has 1 amide bonds. The molecule has 0 saturated heterocycles. The van der Waals surface area contributed by atoms with Crippen molar-refractivity contribution in [1.82, 2.24) is 5.06 Å². The van der Waals surface area contributed by atoms with Crippen molar-refractivity contribution in [1.29, 1.82) is 0 Å². The van der Waals surface area contributed by atoms with Crippen LogP contribution in [0.1, 0.15) is 27.7 Å². The Kier molecular flexibility index (Phi) is 11.4. The van der Waals surface area contributed by atoms with E-state index in [1.165, 1.54) is 0 Å². The van der Waals surface area contributed by atoms with E-state index in [1.54, 1.807) is 27.7 Å². The highest BCUT2D eigenvalue weighted by molar-refractivity contribution is 7.53. The van der Waals surface area contributed by atoms with Crippen LogP contribution in [-0.2, 0) is 27.9 Å². The van der Waals surface area contributed by atoms with Crippen LogP contribution in [0.25, 0.3) is 0 Å². The van der Waals surface area contributed by atoms with Gasteiger partial charge in [-0.05, 0) is 27.7 Å². The van der Waals surface area contributed by atoms with Gasteiger partial charge >= 0.3 is 19.8 Å². The first-order valence-corrected chi connectivity index (χ1v) is 9.39. The summed E-state index contributed by atoms with van der Waals surface area (Å²) in [5.74, 6) is 0. The predicted octanol–water partition coefficient (Wildman–Crippen LogP) is 2.16. The van der Waals surface area contributed by atoms with Gasteiger partial charge in [0.1, 0.15) is 0 Å². The number of ether oxygens (including phenoxy) is 2. The SMILES string of the molecule is CCOC(=O)ON(C[C@H](O)CP(=O)(OCC)OCC)C(=O)OCC. The highest BCUT2D eigenvalue weighted by Crippen LogP contribution is 2.48. The lowest BCUT2D eigenvalue weighted by molar-refractivity contribution is -0.122. The van der Waals surface area contributed by atoms with Crippen LogP contribution in [0.5, 0.6) is 0 Å². The van der Waals surface area contributed by atoms with Crippen molar-refractivity contribution in [2.45, 2.75) is 33.8 Å². The third-order valence-corrected chi connectivity index (χ3v) is 4.55. The molecule has 0 heterocycles. The number of rotatable bonds is 10. The summed E-state index contributed by atoms with van der Waals surface area (Å²) in [6.45, 7) is 6.24. The van der Waals surface area contributed by atoms with Gasteiger partial charge in [-0.15, -0.1) is 5.06 Å². The number of carbonyl (C=O) groups excluding carboxylic acids is 2. The van der Waals surface area contributed by atoms with Gasteiger partial charge in [-0.3, -0.25) is 4.57 Å². The molecule has 24 heavy (non-hydrogen) atoms. The summed E-state index contributed by atoms with van der Waals surface area (Å²) in [5, 5.41) is 10.5. The lowest BCUT2D eigenvalue weighted by Gasteiger charge is -2.24. The zero-order valence-electron chi connectivity index (χ0n) is 14.4. The third-order valence-electron chi connectivity index (χ3n) is 2.38. The molecule has 11 heteroatoms. The summed E-state index contributed by atoms with van der Waals surface area (Å²) in [6.07, 6.45) is -3.84. The first kappa shape index (κ1) is 22.6. The molecule has 0 fully saturated rings. The Morgan fingerprint density at radius 2 is 1.54 bits per heavy atom. The zero-order valence-corrected chi connectivity index (χ0v) is 15.3. The molecule has 0 aliphatic heterocycles. The number of hydrogen-bond acceptors (Lipinski definition) is 9. The van der Waals surface area contributed by atoms with Crippen molar-refractivity contribution >= 4 is 19.8 Å². The second-order valence-corrected chi connectivity index (χ2v) is 6.42. The molecule has 0 spiro atoms. The van der Waals surface area contributed by atoms with Gasteiger partial charge in [-0.2, -0.15) is 0 Å². The second-order valence-electron chi connectivity index (χ2n) is 4.32. The largest absolute Gasteiger partial charge is 0.533 e. The van der Waals surface area contributed by atoms with Crippen molar-refractivity contribution in [3.63, 3.8) is 0 Å². The van der Waals surface area contributed by atoms with E-state index in [9.17, 15) is 19.3 Å². The van der Waals surface area contributed by atoms with Gasteiger partial charge in [0, 0.05) is 0 Å². The van der Waals surface area contributed by atoms with E-state index >= 15 is 0 Å².